The maximum atomic E-state index is 13.9. The fourth-order valence-electron chi connectivity index (χ4n) is 3.35. The second kappa shape index (κ2) is 4.27. The first-order chi connectivity index (χ1) is 8.82. The lowest BCUT2D eigenvalue weighted by molar-refractivity contribution is -0.302. The molecule has 2 nitrogen and oxygen atoms in total. The first-order valence-electron chi connectivity index (χ1n) is 6.15. The Morgan fingerprint density at radius 3 is 1.85 bits per heavy atom. The van der Waals surface area contributed by atoms with Gasteiger partial charge in [-0.2, -0.15) is 26.3 Å². The predicted molar refractivity (Wildman–Crippen MR) is 58.6 cm³/mol. The number of sulfone groups is 1. The Hall–Kier alpha value is -0.470. The summed E-state index contributed by atoms with van der Waals surface area (Å²) >= 11 is 0. The van der Waals surface area contributed by atoms with Gasteiger partial charge < -0.3 is 0 Å². The van der Waals surface area contributed by atoms with Gasteiger partial charge in [-0.1, -0.05) is 6.42 Å². The van der Waals surface area contributed by atoms with E-state index in [-0.39, 0.29) is 18.6 Å². The van der Waals surface area contributed by atoms with E-state index in [4.69, 9.17) is 0 Å². The zero-order valence-electron chi connectivity index (χ0n) is 10.6. The number of hydrogen-bond donors (Lipinski definition) is 0. The van der Waals surface area contributed by atoms with Gasteiger partial charge in [-0.15, -0.1) is 0 Å². The van der Waals surface area contributed by atoms with Crippen molar-refractivity contribution in [2.24, 2.45) is 17.8 Å². The number of alkyl halides is 6. The molecule has 2 bridgehead atoms. The molecule has 118 valence electrons. The quantitative estimate of drug-likeness (QED) is 0.744. The molecule has 0 spiro atoms. The predicted octanol–water partition coefficient (Wildman–Crippen LogP) is 3.33. The van der Waals surface area contributed by atoms with E-state index in [1.54, 1.807) is 0 Å². The fraction of sp³-hybridized carbons (Fsp3) is 1.00. The van der Waals surface area contributed by atoms with Gasteiger partial charge in [0.25, 0.3) is 0 Å². The highest BCUT2D eigenvalue weighted by Crippen LogP contribution is 2.60. The van der Waals surface area contributed by atoms with Gasteiger partial charge in [0.2, 0.25) is 9.84 Å². The topological polar surface area (TPSA) is 34.1 Å². The van der Waals surface area contributed by atoms with Crippen LogP contribution in [0.4, 0.5) is 26.3 Å². The molecule has 2 saturated carbocycles. The van der Waals surface area contributed by atoms with Crippen LogP contribution in [0.2, 0.25) is 0 Å². The Balaban J connectivity index is 2.37. The molecule has 0 saturated heterocycles. The molecule has 3 atom stereocenters. The van der Waals surface area contributed by atoms with E-state index >= 15 is 0 Å². The highest BCUT2D eigenvalue weighted by Gasteiger charge is 2.79. The SMILES string of the molecule is CS(=O)(=O)C(F)(F)C(F)(F)C(F)(F)C1CC2CCC1C2. The van der Waals surface area contributed by atoms with Gasteiger partial charge >= 0.3 is 17.1 Å². The third kappa shape index (κ3) is 1.95. The lowest BCUT2D eigenvalue weighted by Gasteiger charge is -2.38. The molecular weight excluding hydrogens is 310 g/mol. The molecule has 0 N–H and O–H groups in total. The maximum absolute atomic E-state index is 13.9. The van der Waals surface area contributed by atoms with Crippen LogP contribution in [-0.2, 0) is 9.84 Å². The van der Waals surface area contributed by atoms with Gasteiger partial charge in [0.15, 0.2) is 0 Å². The first kappa shape index (κ1) is 15.9. The van der Waals surface area contributed by atoms with E-state index in [0.717, 1.165) is 0 Å². The van der Waals surface area contributed by atoms with E-state index in [1.165, 1.54) is 0 Å². The molecule has 2 rings (SSSR count). The molecule has 2 aliphatic rings. The number of halogens is 6. The molecule has 20 heavy (non-hydrogen) atoms. The summed E-state index contributed by atoms with van der Waals surface area (Å²) in [5, 5.41) is -5.79. The Kier molecular flexibility index (Phi) is 3.39. The molecule has 0 amide bonds. The molecular formula is C11H14F6O2S. The Labute approximate surface area is 112 Å². The average molecular weight is 324 g/mol. The lowest BCUT2D eigenvalue weighted by atomic mass is 9.81. The number of hydrogen-bond acceptors (Lipinski definition) is 2. The van der Waals surface area contributed by atoms with E-state index in [1.807, 2.05) is 0 Å². The first-order valence-corrected chi connectivity index (χ1v) is 8.04. The summed E-state index contributed by atoms with van der Waals surface area (Å²) in [5.41, 5.74) is 0. The summed E-state index contributed by atoms with van der Waals surface area (Å²) in [7, 11) is -5.65. The minimum atomic E-state index is -5.91. The molecule has 0 aromatic heterocycles. The fourth-order valence-corrected chi connectivity index (χ4v) is 3.95. The van der Waals surface area contributed by atoms with Crippen molar-refractivity contribution in [1.82, 2.24) is 0 Å². The summed E-state index contributed by atoms with van der Waals surface area (Å²) < 4.78 is 103. The van der Waals surface area contributed by atoms with Crippen molar-refractivity contribution in [3.63, 3.8) is 0 Å². The Bertz CT molecular complexity index is 501. The third-order valence-corrected chi connectivity index (χ3v) is 5.64. The summed E-state index contributed by atoms with van der Waals surface area (Å²) in [5.74, 6) is -13.7. The van der Waals surface area contributed by atoms with Crippen LogP contribution in [0, 0.1) is 17.8 Å². The molecule has 2 fully saturated rings. The van der Waals surface area contributed by atoms with Gasteiger partial charge in [0.05, 0.1) is 0 Å². The van der Waals surface area contributed by atoms with Gasteiger partial charge in [0.1, 0.15) is 0 Å². The van der Waals surface area contributed by atoms with Crippen molar-refractivity contribution < 1.29 is 34.8 Å². The highest BCUT2D eigenvalue weighted by atomic mass is 32.2. The van der Waals surface area contributed by atoms with Crippen molar-refractivity contribution in [2.75, 3.05) is 6.26 Å². The lowest BCUT2D eigenvalue weighted by Crippen LogP contribution is -2.60. The minimum absolute atomic E-state index is 0.154. The zero-order chi connectivity index (χ0) is 15.6. The maximum Gasteiger partial charge on any atom is 0.413 e. The molecule has 2 aliphatic carbocycles. The molecule has 9 heteroatoms. The highest BCUT2D eigenvalue weighted by molar-refractivity contribution is 7.91. The molecule has 3 unspecified atom stereocenters. The van der Waals surface area contributed by atoms with Crippen LogP contribution < -0.4 is 0 Å². The zero-order valence-corrected chi connectivity index (χ0v) is 11.4. The van der Waals surface area contributed by atoms with E-state index in [9.17, 15) is 34.8 Å². The van der Waals surface area contributed by atoms with Crippen LogP contribution in [0.25, 0.3) is 0 Å². The summed E-state index contributed by atoms with van der Waals surface area (Å²) in [6.45, 7) is 0. The molecule has 0 aromatic rings. The summed E-state index contributed by atoms with van der Waals surface area (Å²) in [6, 6.07) is 0. The van der Waals surface area contributed by atoms with Crippen LogP contribution in [0.5, 0.6) is 0 Å². The van der Waals surface area contributed by atoms with Crippen LogP contribution in [0.3, 0.4) is 0 Å². The molecule has 0 radical (unpaired) electrons. The van der Waals surface area contributed by atoms with E-state index in [2.05, 4.69) is 0 Å². The van der Waals surface area contributed by atoms with Crippen molar-refractivity contribution in [2.45, 2.75) is 42.8 Å². The van der Waals surface area contributed by atoms with Crippen LogP contribution in [0.1, 0.15) is 25.7 Å². The second-order valence-corrected chi connectivity index (χ2v) is 7.82. The van der Waals surface area contributed by atoms with Gasteiger partial charge in [-0.3, -0.25) is 0 Å². The van der Waals surface area contributed by atoms with E-state index in [0.29, 0.717) is 19.3 Å². The Morgan fingerprint density at radius 1 is 0.950 bits per heavy atom. The van der Waals surface area contributed by atoms with Gasteiger partial charge in [-0.25, -0.2) is 8.42 Å². The van der Waals surface area contributed by atoms with Crippen molar-refractivity contribution in [3.8, 4) is 0 Å². The number of rotatable bonds is 4. The largest absolute Gasteiger partial charge is 0.413 e. The normalized spacial score (nSPS) is 31.9. The van der Waals surface area contributed by atoms with E-state index < -0.39 is 38.8 Å². The van der Waals surface area contributed by atoms with Crippen molar-refractivity contribution in [3.05, 3.63) is 0 Å². The molecule has 0 aromatic carbocycles. The standard InChI is InChI=1S/C11H14F6O2S/c1-20(18,19)11(16,17)10(14,15)9(12,13)8-5-6-2-3-7(8)4-6/h6-8H,2-5H2,1H3. The smallest absolute Gasteiger partial charge is 0.223 e. The molecule has 0 heterocycles. The van der Waals surface area contributed by atoms with Crippen molar-refractivity contribution >= 4 is 9.84 Å². The third-order valence-electron chi connectivity index (χ3n) is 4.45. The molecule has 0 aliphatic heterocycles. The second-order valence-electron chi connectivity index (χ2n) is 5.77. The Morgan fingerprint density at radius 2 is 1.50 bits per heavy atom. The monoisotopic (exact) mass is 324 g/mol. The van der Waals surface area contributed by atoms with Crippen molar-refractivity contribution in [1.29, 1.82) is 0 Å². The summed E-state index contributed by atoms with van der Waals surface area (Å²) in [4.78, 5) is 0. The van der Waals surface area contributed by atoms with Crippen LogP contribution in [0.15, 0.2) is 0 Å². The number of fused-ring (bicyclic) bond motifs is 2. The summed E-state index contributed by atoms with van der Waals surface area (Å²) in [6.07, 6.45) is 0.822. The minimum Gasteiger partial charge on any atom is -0.223 e. The van der Waals surface area contributed by atoms with Crippen LogP contribution >= 0.6 is 0 Å². The van der Waals surface area contributed by atoms with Gasteiger partial charge in [0, 0.05) is 12.2 Å². The van der Waals surface area contributed by atoms with Crippen LogP contribution in [-0.4, -0.2) is 31.8 Å². The van der Waals surface area contributed by atoms with Gasteiger partial charge in [-0.05, 0) is 31.1 Å². The average Bonchev–Trinajstić information content (AvgIpc) is 2.88.